The Bertz CT molecular complexity index is 464. The van der Waals surface area contributed by atoms with Crippen LogP contribution >= 0.6 is 11.6 Å². The van der Waals surface area contributed by atoms with E-state index in [1.54, 1.807) is 26.3 Å². The first-order valence-corrected chi connectivity index (χ1v) is 6.98. The highest BCUT2D eigenvalue weighted by Crippen LogP contribution is 2.39. The monoisotopic (exact) mass is 300 g/mol. The molecule has 0 bridgehead atoms. The second-order valence-electron chi connectivity index (χ2n) is 5.06. The van der Waals surface area contributed by atoms with Crippen LogP contribution in [0, 0.1) is 0 Å². The van der Waals surface area contributed by atoms with E-state index in [4.69, 9.17) is 21.1 Å². The zero-order valence-electron chi connectivity index (χ0n) is 12.0. The zero-order chi connectivity index (χ0) is 14.7. The fourth-order valence-electron chi connectivity index (χ4n) is 2.30. The lowest BCUT2D eigenvalue weighted by Crippen LogP contribution is -2.51. The Kier molecular flexibility index (Phi) is 5.10. The molecule has 0 aliphatic carbocycles. The number of nitrogens with one attached hydrogen (secondary N) is 1. The van der Waals surface area contributed by atoms with Gasteiger partial charge in [0.25, 0.3) is 0 Å². The van der Waals surface area contributed by atoms with Gasteiger partial charge in [0.15, 0.2) is 11.5 Å². The highest BCUT2D eigenvalue weighted by atomic mass is 35.5. The van der Waals surface area contributed by atoms with Gasteiger partial charge in [-0.25, -0.2) is 0 Å². The maximum atomic E-state index is 10.2. The average Bonchev–Trinajstić information content (AvgIpc) is 2.38. The number of hydrogen-bond acceptors (Lipinski definition) is 5. The van der Waals surface area contributed by atoms with E-state index in [0.717, 1.165) is 13.1 Å². The fraction of sp³-hybridized carbons (Fsp3) is 0.571. The predicted octanol–water partition coefficient (Wildman–Crippen LogP) is 1.29. The Morgan fingerprint density at radius 3 is 2.75 bits per heavy atom. The smallest absolute Gasteiger partial charge is 0.167 e. The van der Waals surface area contributed by atoms with Crippen LogP contribution in [0.15, 0.2) is 12.1 Å². The number of nitrogens with zero attached hydrogens (tertiary/aromatic N) is 1. The fourth-order valence-corrected chi connectivity index (χ4v) is 2.52. The van der Waals surface area contributed by atoms with Gasteiger partial charge in [-0.2, -0.15) is 0 Å². The van der Waals surface area contributed by atoms with Gasteiger partial charge in [-0.1, -0.05) is 11.6 Å². The summed E-state index contributed by atoms with van der Waals surface area (Å²) in [5, 5.41) is 13.7. The Labute approximate surface area is 124 Å². The van der Waals surface area contributed by atoms with Crippen molar-refractivity contribution in [3.63, 3.8) is 0 Å². The molecule has 1 fully saturated rings. The van der Waals surface area contributed by atoms with Crippen LogP contribution in [0.5, 0.6) is 11.5 Å². The molecule has 1 aliphatic rings. The van der Waals surface area contributed by atoms with Crippen LogP contribution in [-0.2, 0) is 0 Å². The molecule has 20 heavy (non-hydrogen) atoms. The third-order valence-corrected chi connectivity index (χ3v) is 3.56. The second kappa shape index (κ2) is 6.63. The minimum Gasteiger partial charge on any atom is -0.493 e. The number of aliphatic hydroxyl groups excluding tert-OH is 1. The summed E-state index contributed by atoms with van der Waals surface area (Å²) in [6.45, 7) is 2.16. The van der Waals surface area contributed by atoms with E-state index in [9.17, 15) is 5.11 Å². The molecule has 1 atom stereocenters. The number of hydrogen-bond donors (Lipinski definition) is 2. The van der Waals surface area contributed by atoms with Crippen LogP contribution in [0.4, 0.5) is 0 Å². The first-order valence-electron chi connectivity index (χ1n) is 6.60. The number of likely N-dealkylation sites (N-methyl/N-ethyl adjacent to an activating group) is 2. The first-order chi connectivity index (χ1) is 9.55. The van der Waals surface area contributed by atoms with Gasteiger partial charge in [0.1, 0.15) is 6.10 Å². The summed E-state index contributed by atoms with van der Waals surface area (Å²) in [6.07, 6.45) is -0.573. The molecule has 1 unspecified atom stereocenters. The van der Waals surface area contributed by atoms with E-state index >= 15 is 0 Å². The van der Waals surface area contributed by atoms with Crippen molar-refractivity contribution in [1.29, 1.82) is 0 Å². The Hall–Kier alpha value is -1.01. The maximum Gasteiger partial charge on any atom is 0.167 e. The van der Waals surface area contributed by atoms with E-state index in [0.29, 0.717) is 28.6 Å². The van der Waals surface area contributed by atoms with Gasteiger partial charge < -0.3 is 19.9 Å². The van der Waals surface area contributed by atoms with Crippen LogP contribution in [0.25, 0.3) is 0 Å². The Morgan fingerprint density at radius 2 is 2.20 bits per heavy atom. The second-order valence-corrected chi connectivity index (χ2v) is 5.50. The molecule has 0 aromatic heterocycles. The average molecular weight is 301 g/mol. The third-order valence-electron chi connectivity index (χ3n) is 3.34. The van der Waals surface area contributed by atoms with Gasteiger partial charge in [0.2, 0.25) is 0 Å². The van der Waals surface area contributed by atoms with Crippen molar-refractivity contribution in [2.24, 2.45) is 0 Å². The van der Waals surface area contributed by atoms with E-state index in [1.807, 2.05) is 7.05 Å². The highest BCUT2D eigenvalue weighted by Gasteiger charge is 2.28. The van der Waals surface area contributed by atoms with Gasteiger partial charge in [-0.3, -0.25) is 4.90 Å². The van der Waals surface area contributed by atoms with E-state index in [-0.39, 0.29) is 6.10 Å². The number of aliphatic hydroxyl groups is 1. The van der Waals surface area contributed by atoms with E-state index < -0.39 is 6.10 Å². The SMILES string of the molecule is CNCC(O)c1cc(Cl)cc(OC)c1OC1CN(C)C1. The molecule has 0 amide bonds. The third kappa shape index (κ3) is 3.35. The zero-order valence-corrected chi connectivity index (χ0v) is 12.8. The van der Waals surface area contributed by atoms with Crippen molar-refractivity contribution in [1.82, 2.24) is 10.2 Å². The largest absolute Gasteiger partial charge is 0.493 e. The Morgan fingerprint density at radius 1 is 1.50 bits per heavy atom. The molecule has 0 spiro atoms. The maximum absolute atomic E-state index is 10.2. The number of benzene rings is 1. The highest BCUT2D eigenvalue weighted by molar-refractivity contribution is 6.30. The molecule has 1 saturated heterocycles. The lowest BCUT2D eigenvalue weighted by Gasteiger charge is -2.37. The lowest BCUT2D eigenvalue weighted by molar-refractivity contribution is 0.0340. The molecule has 1 aliphatic heterocycles. The van der Waals surface area contributed by atoms with Crippen LogP contribution in [0.2, 0.25) is 5.02 Å². The summed E-state index contributed by atoms with van der Waals surface area (Å²) in [7, 11) is 5.39. The number of methoxy groups -OCH3 is 1. The predicted molar refractivity (Wildman–Crippen MR) is 78.8 cm³/mol. The van der Waals surface area contributed by atoms with Crippen molar-refractivity contribution in [3.05, 3.63) is 22.7 Å². The summed E-state index contributed by atoms with van der Waals surface area (Å²) in [6, 6.07) is 3.43. The van der Waals surface area contributed by atoms with Crippen LogP contribution in [0.3, 0.4) is 0 Å². The molecule has 2 N–H and O–H groups in total. The number of ether oxygens (including phenoxy) is 2. The molecule has 0 saturated carbocycles. The standard InChI is InChI=1S/C14H21ClN2O3/c1-16-6-12(18)11-4-9(15)5-13(19-3)14(11)20-10-7-17(2)8-10/h4-5,10,12,16,18H,6-8H2,1-3H3. The van der Waals surface area contributed by atoms with Gasteiger partial charge >= 0.3 is 0 Å². The Balaban J connectivity index is 2.29. The van der Waals surface area contributed by atoms with Crippen molar-refractivity contribution in [2.45, 2.75) is 12.2 Å². The minimum absolute atomic E-state index is 0.121. The summed E-state index contributed by atoms with van der Waals surface area (Å²) >= 11 is 6.08. The lowest BCUT2D eigenvalue weighted by atomic mass is 10.1. The van der Waals surface area contributed by atoms with Gasteiger partial charge in [0, 0.05) is 36.3 Å². The molecule has 1 aromatic carbocycles. The molecule has 6 heteroatoms. The normalized spacial score (nSPS) is 17.6. The number of halogens is 1. The van der Waals surface area contributed by atoms with Crippen molar-refractivity contribution in [2.75, 3.05) is 40.8 Å². The summed E-state index contributed by atoms with van der Waals surface area (Å²) in [5.41, 5.74) is 0.651. The van der Waals surface area contributed by atoms with Crippen LogP contribution in [0.1, 0.15) is 11.7 Å². The van der Waals surface area contributed by atoms with Crippen molar-refractivity contribution >= 4 is 11.6 Å². The molecule has 1 heterocycles. The molecule has 112 valence electrons. The molecule has 1 aromatic rings. The van der Waals surface area contributed by atoms with E-state index in [1.165, 1.54) is 0 Å². The summed E-state index contributed by atoms with van der Waals surface area (Å²) in [5.74, 6) is 1.13. The number of rotatable bonds is 6. The van der Waals surface area contributed by atoms with Gasteiger partial charge in [0.05, 0.1) is 13.2 Å². The first kappa shape index (κ1) is 15.4. The number of likely N-dealkylation sites (tertiary alicyclic amines) is 1. The van der Waals surface area contributed by atoms with Crippen LogP contribution in [-0.4, -0.2) is 56.9 Å². The van der Waals surface area contributed by atoms with Crippen molar-refractivity contribution in [3.8, 4) is 11.5 Å². The van der Waals surface area contributed by atoms with Gasteiger partial charge in [-0.05, 0) is 20.2 Å². The van der Waals surface area contributed by atoms with Gasteiger partial charge in [-0.15, -0.1) is 0 Å². The van der Waals surface area contributed by atoms with Crippen LogP contribution < -0.4 is 14.8 Å². The van der Waals surface area contributed by atoms with Crippen molar-refractivity contribution < 1.29 is 14.6 Å². The molecule has 0 radical (unpaired) electrons. The molecular formula is C14H21ClN2O3. The topological polar surface area (TPSA) is 54.0 Å². The quantitative estimate of drug-likeness (QED) is 0.829. The summed E-state index contributed by atoms with van der Waals surface area (Å²) < 4.78 is 11.3. The van der Waals surface area contributed by atoms with E-state index in [2.05, 4.69) is 10.2 Å². The molecule has 5 nitrogen and oxygen atoms in total. The molecular weight excluding hydrogens is 280 g/mol. The molecule has 2 rings (SSSR count). The minimum atomic E-state index is -0.694. The summed E-state index contributed by atoms with van der Waals surface area (Å²) in [4.78, 5) is 2.16.